The Balaban J connectivity index is 2.46. The first-order chi connectivity index (χ1) is 5.34. The van der Waals surface area contributed by atoms with E-state index in [0.717, 1.165) is 5.92 Å². The van der Waals surface area contributed by atoms with Gasteiger partial charge in [0, 0.05) is 0 Å². The second-order valence-corrected chi connectivity index (χ2v) is 3.34. The van der Waals surface area contributed by atoms with Crippen LogP contribution in [0.25, 0.3) is 0 Å². The minimum Gasteiger partial charge on any atom is -0.0885 e. The summed E-state index contributed by atoms with van der Waals surface area (Å²) in [6, 6.07) is 0. The average molecular weight is 150 g/mol. The number of rotatable bonds is 2. The summed E-state index contributed by atoms with van der Waals surface area (Å²) in [5.41, 5.74) is 1.59. The summed E-state index contributed by atoms with van der Waals surface area (Å²) in [6.07, 6.45) is 12.1. The molecule has 0 radical (unpaired) electrons. The highest BCUT2D eigenvalue weighted by molar-refractivity contribution is 5.08. The molecule has 0 N–H and O–H groups in total. The van der Waals surface area contributed by atoms with Gasteiger partial charge in [-0.3, -0.25) is 0 Å². The van der Waals surface area contributed by atoms with E-state index < -0.39 is 0 Å². The molecule has 1 aliphatic carbocycles. The van der Waals surface area contributed by atoms with E-state index in [1.54, 1.807) is 5.57 Å². The summed E-state index contributed by atoms with van der Waals surface area (Å²) in [7, 11) is 0. The number of allylic oxidation sites excluding steroid dienone is 4. The lowest BCUT2D eigenvalue weighted by molar-refractivity contribution is 0.551. The van der Waals surface area contributed by atoms with Crippen molar-refractivity contribution in [3.05, 3.63) is 23.8 Å². The van der Waals surface area contributed by atoms with Crippen LogP contribution in [-0.2, 0) is 0 Å². The Labute approximate surface area is 70.0 Å². The monoisotopic (exact) mass is 150 g/mol. The lowest BCUT2D eigenvalue weighted by Crippen LogP contribution is -2.03. The van der Waals surface area contributed by atoms with Crippen LogP contribution < -0.4 is 0 Å². The molecule has 0 aromatic carbocycles. The molecule has 0 aromatic heterocycles. The second kappa shape index (κ2) is 4.38. The summed E-state index contributed by atoms with van der Waals surface area (Å²) >= 11 is 0. The van der Waals surface area contributed by atoms with Gasteiger partial charge in [0.25, 0.3) is 0 Å². The minimum absolute atomic E-state index is 0.847. The van der Waals surface area contributed by atoms with Crippen molar-refractivity contribution in [1.82, 2.24) is 0 Å². The van der Waals surface area contributed by atoms with Gasteiger partial charge < -0.3 is 0 Å². The maximum absolute atomic E-state index is 2.36. The second-order valence-electron chi connectivity index (χ2n) is 3.34. The molecular formula is C11H18. The molecule has 62 valence electrons. The predicted octanol–water partition coefficient (Wildman–Crippen LogP) is 3.70. The van der Waals surface area contributed by atoms with Crippen LogP contribution in [0.15, 0.2) is 23.8 Å². The molecule has 0 aliphatic heterocycles. The van der Waals surface area contributed by atoms with E-state index in [-0.39, 0.29) is 0 Å². The lowest BCUT2D eigenvalue weighted by Gasteiger charge is -2.18. The first-order valence-electron chi connectivity index (χ1n) is 4.66. The Morgan fingerprint density at radius 1 is 1.55 bits per heavy atom. The molecule has 1 atom stereocenters. The van der Waals surface area contributed by atoms with Crippen LogP contribution in [0.2, 0.25) is 0 Å². The fraction of sp³-hybridized carbons (Fsp3) is 0.636. The highest BCUT2D eigenvalue weighted by Crippen LogP contribution is 2.25. The highest BCUT2D eigenvalue weighted by Gasteiger charge is 2.10. The zero-order chi connectivity index (χ0) is 8.10. The summed E-state index contributed by atoms with van der Waals surface area (Å²) in [4.78, 5) is 0. The first kappa shape index (κ1) is 8.58. The maximum atomic E-state index is 2.36. The van der Waals surface area contributed by atoms with Gasteiger partial charge in [-0.1, -0.05) is 30.7 Å². The quantitative estimate of drug-likeness (QED) is 0.526. The van der Waals surface area contributed by atoms with Gasteiger partial charge in [-0.15, -0.1) is 0 Å². The molecule has 0 heterocycles. The van der Waals surface area contributed by atoms with Gasteiger partial charge in [-0.05, 0) is 38.5 Å². The highest BCUT2D eigenvalue weighted by atomic mass is 14.2. The predicted molar refractivity (Wildman–Crippen MR) is 50.5 cm³/mol. The van der Waals surface area contributed by atoms with E-state index in [1.165, 1.54) is 25.7 Å². The molecule has 1 unspecified atom stereocenters. The van der Waals surface area contributed by atoms with Crippen LogP contribution >= 0.6 is 0 Å². The Hall–Kier alpha value is -0.520. The van der Waals surface area contributed by atoms with E-state index in [9.17, 15) is 0 Å². The van der Waals surface area contributed by atoms with Gasteiger partial charge >= 0.3 is 0 Å². The normalized spacial score (nSPS) is 25.6. The van der Waals surface area contributed by atoms with Crippen LogP contribution in [0.5, 0.6) is 0 Å². The number of hydrogen-bond donors (Lipinski definition) is 0. The largest absolute Gasteiger partial charge is 0.0885 e. The molecule has 0 fully saturated rings. The maximum Gasteiger partial charge on any atom is -0.0168 e. The zero-order valence-corrected chi connectivity index (χ0v) is 7.64. The van der Waals surface area contributed by atoms with Gasteiger partial charge in [0.1, 0.15) is 0 Å². The van der Waals surface area contributed by atoms with E-state index in [0.29, 0.717) is 0 Å². The minimum atomic E-state index is 0.847. The van der Waals surface area contributed by atoms with Crippen molar-refractivity contribution in [2.45, 2.75) is 39.5 Å². The molecule has 0 bridgehead atoms. The molecule has 0 nitrogen and oxygen atoms in total. The van der Waals surface area contributed by atoms with Crippen molar-refractivity contribution in [3.63, 3.8) is 0 Å². The lowest BCUT2D eigenvalue weighted by atomic mass is 9.88. The third-order valence-electron chi connectivity index (χ3n) is 2.44. The molecule has 1 aliphatic rings. The molecule has 0 amide bonds. The van der Waals surface area contributed by atoms with Crippen molar-refractivity contribution >= 4 is 0 Å². The topological polar surface area (TPSA) is 0 Å². The van der Waals surface area contributed by atoms with Crippen molar-refractivity contribution in [3.8, 4) is 0 Å². The fourth-order valence-corrected chi connectivity index (χ4v) is 1.70. The molecule has 11 heavy (non-hydrogen) atoms. The van der Waals surface area contributed by atoms with E-state index >= 15 is 0 Å². The third-order valence-corrected chi connectivity index (χ3v) is 2.44. The van der Waals surface area contributed by atoms with Gasteiger partial charge in [-0.25, -0.2) is 0 Å². The Kier molecular flexibility index (Phi) is 3.41. The molecule has 0 aromatic rings. The van der Waals surface area contributed by atoms with Crippen molar-refractivity contribution in [2.24, 2.45) is 5.92 Å². The van der Waals surface area contributed by atoms with Gasteiger partial charge in [0.15, 0.2) is 0 Å². The first-order valence-corrected chi connectivity index (χ1v) is 4.66. The summed E-state index contributed by atoms with van der Waals surface area (Å²) in [5.74, 6) is 0.847. The van der Waals surface area contributed by atoms with Gasteiger partial charge in [0.05, 0.1) is 0 Å². The molecular weight excluding hydrogens is 132 g/mol. The Morgan fingerprint density at radius 2 is 2.36 bits per heavy atom. The van der Waals surface area contributed by atoms with Crippen molar-refractivity contribution in [1.29, 1.82) is 0 Å². The Morgan fingerprint density at radius 3 is 2.91 bits per heavy atom. The fourth-order valence-electron chi connectivity index (χ4n) is 1.70. The summed E-state index contributed by atoms with van der Waals surface area (Å²) in [6.45, 7) is 4.48. The van der Waals surface area contributed by atoms with Crippen LogP contribution in [0.3, 0.4) is 0 Å². The third kappa shape index (κ3) is 2.53. The molecule has 1 rings (SSSR count). The Bertz CT molecular complexity index is 163. The van der Waals surface area contributed by atoms with Crippen molar-refractivity contribution < 1.29 is 0 Å². The summed E-state index contributed by atoms with van der Waals surface area (Å²) < 4.78 is 0. The molecule has 0 heteroatoms. The van der Waals surface area contributed by atoms with Crippen LogP contribution in [0, 0.1) is 5.92 Å². The molecule has 0 spiro atoms. The standard InChI is InChI=1S/C11H18/c1-3-7-10(2)11-8-5-4-6-9-11/h4-5,7,11H,3,6,8-9H2,1-2H3. The van der Waals surface area contributed by atoms with Crippen LogP contribution in [0.1, 0.15) is 39.5 Å². The van der Waals surface area contributed by atoms with Crippen LogP contribution in [-0.4, -0.2) is 0 Å². The summed E-state index contributed by atoms with van der Waals surface area (Å²) in [5, 5.41) is 0. The molecule has 0 saturated heterocycles. The van der Waals surface area contributed by atoms with E-state index in [1.807, 2.05) is 0 Å². The number of hydrogen-bond acceptors (Lipinski definition) is 0. The van der Waals surface area contributed by atoms with E-state index in [4.69, 9.17) is 0 Å². The van der Waals surface area contributed by atoms with E-state index in [2.05, 4.69) is 32.1 Å². The average Bonchev–Trinajstić information content (AvgIpc) is 2.07. The smallest absolute Gasteiger partial charge is 0.0168 e. The van der Waals surface area contributed by atoms with Gasteiger partial charge in [0.2, 0.25) is 0 Å². The van der Waals surface area contributed by atoms with Crippen molar-refractivity contribution in [2.75, 3.05) is 0 Å². The SMILES string of the molecule is CCC=C(C)C1CC=CCC1. The van der Waals surface area contributed by atoms with Crippen LogP contribution in [0.4, 0.5) is 0 Å². The molecule has 0 saturated carbocycles. The van der Waals surface area contributed by atoms with Gasteiger partial charge in [-0.2, -0.15) is 0 Å². The zero-order valence-electron chi connectivity index (χ0n) is 7.64.